The zero-order chi connectivity index (χ0) is 17.6. The summed E-state index contributed by atoms with van der Waals surface area (Å²) in [6, 6.07) is 5.42. The zero-order valence-corrected chi connectivity index (χ0v) is 15.9. The van der Waals surface area contributed by atoms with Crippen molar-refractivity contribution in [3.63, 3.8) is 0 Å². The second-order valence-corrected chi connectivity index (χ2v) is 7.17. The molecule has 0 aliphatic heterocycles. The monoisotopic (exact) mass is 401 g/mol. The molecule has 0 spiro atoms. The lowest BCUT2D eigenvalue weighted by molar-refractivity contribution is -0.127. The van der Waals surface area contributed by atoms with Crippen molar-refractivity contribution < 1.29 is 14.3 Å². The maximum atomic E-state index is 11.7. The van der Waals surface area contributed by atoms with Crippen molar-refractivity contribution in [1.82, 2.24) is 16.2 Å². The number of hydrogen-bond acceptors (Lipinski definition) is 4. The molecular formula is C15H20BrN3O3S. The van der Waals surface area contributed by atoms with Gasteiger partial charge in [0.05, 0.1) is 0 Å². The topological polar surface area (TPSA) is 79.5 Å². The third-order valence-corrected chi connectivity index (χ3v) is 3.82. The number of hydrazine groups is 1. The van der Waals surface area contributed by atoms with Gasteiger partial charge in [0.15, 0.2) is 11.7 Å². The van der Waals surface area contributed by atoms with Crippen LogP contribution in [0.15, 0.2) is 22.7 Å². The first-order chi connectivity index (χ1) is 10.6. The molecule has 1 aromatic carbocycles. The largest absolute Gasteiger partial charge is 0.484 e. The van der Waals surface area contributed by atoms with Crippen LogP contribution < -0.4 is 20.9 Å². The summed E-state index contributed by atoms with van der Waals surface area (Å²) in [6.07, 6.45) is 0. The smallest absolute Gasteiger partial charge is 0.276 e. The third-order valence-electron chi connectivity index (χ3n) is 2.72. The minimum Gasteiger partial charge on any atom is -0.484 e. The van der Waals surface area contributed by atoms with E-state index in [4.69, 9.17) is 17.0 Å². The number of carbonyl (C=O) groups excluding carboxylic acids is 2. The molecule has 6 nitrogen and oxygen atoms in total. The van der Waals surface area contributed by atoms with Crippen LogP contribution in [0.3, 0.4) is 0 Å². The summed E-state index contributed by atoms with van der Waals surface area (Å²) in [5.74, 6) is -0.0757. The van der Waals surface area contributed by atoms with E-state index in [1.807, 2.05) is 19.1 Å². The van der Waals surface area contributed by atoms with E-state index in [1.165, 1.54) is 0 Å². The van der Waals surface area contributed by atoms with Crippen molar-refractivity contribution in [3.05, 3.63) is 28.2 Å². The summed E-state index contributed by atoms with van der Waals surface area (Å²) in [5.41, 5.74) is 5.25. The number of benzene rings is 1. The van der Waals surface area contributed by atoms with Crippen LogP contribution in [0, 0.1) is 12.3 Å². The number of aryl methyl sites for hydroxylation is 1. The van der Waals surface area contributed by atoms with Gasteiger partial charge in [-0.05, 0) is 42.9 Å². The number of rotatable bonds is 3. The van der Waals surface area contributed by atoms with Gasteiger partial charge in [0.25, 0.3) is 5.91 Å². The highest BCUT2D eigenvalue weighted by Crippen LogP contribution is 2.21. The summed E-state index contributed by atoms with van der Waals surface area (Å²) >= 11 is 8.31. The van der Waals surface area contributed by atoms with Gasteiger partial charge in [0, 0.05) is 9.89 Å². The van der Waals surface area contributed by atoms with Crippen LogP contribution in [-0.4, -0.2) is 23.5 Å². The van der Waals surface area contributed by atoms with Crippen LogP contribution in [0.2, 0.25) is 0 Å². The highest BCUT2D eigenvalue weighted by molar-refractivity contribution is 9.10. The molecule has 126 valence electrons. The predicted molar refractivity (Wildman–Crippen MR) is 95.8 cm³/mol. The number of ether oxygens (including phenoxy) is 1. The van der Waals surface area contributed by atoms with E-state index in [9.17, 15) is 9.59 Å². The first-order valence-corrected chi connectivity index (χ1v) is 8.09. The van der Waals surface area contributed by atoms with Crippen molar-refractivity contribution in [1.29, 1.82) is 0 Å². The van der Waals surface area contributed by atoms with E-state index in [1.54, 1.807) is 26.8 Å². The molecular weight excluding hydrogens is 382 g/mol. The number of halogens is 1. The molecule has 0 fully saturated rings. The molecule has 0 aromatic heterocycles. The zero-order valence-electron chi connectivity index (χ0n) is 13.5. The molecule has 0 saturated heterocycles. The van der Waals surface area contributed by atoms with Crippen molar-refractivity contribution in [2.45, 2.75) is 27.7 Å². The van der Waals surface area contributed by atoms with E-state index >= 15 is 0 Å². The van der Waals surface area contributed by atoms with Gasteiger partial charge in [0.2, 0.25) is 5.91 Å². The molecule has 0 aliphatic carbocycles. The number of thiocarbonyl (C=S) groups is 1. The van der Waals surface area contributed by atoms with Crippen LogP contribution >= 0.6 is 28.1 Å². The maximum absolute atomic E-state index is 11.7. The molecule has 0 saturated carbocycles. The van der Waals surface area contributed by atoms with Crippen molar-refractivity contribution in [2.75, 3.05) is 6.61 Å². The van der Waals surface area contributed by atoms with Gasteiger partial charge in [-0.1, -0.05) is 36.7 Å². The fraction of sp³-hybridized carbons (Fsp3) is 0.400. The van der Waals surface area contributed by atoms with Crippen molar-refractivity contribution in [2.24, 2.45) is 5.41 Å². The molecule has 2 amide bonds. The van der Waals surface area contributed by atoms with E-state index < -0.39 is 11.3 Å². The second-order valence-electron chi connectivity index (χ2n) is 5.91. The van der Waals surface area contributed by atoms with E-state index in [2.05, 4.69) is 32.1 Å². The fourth-order valence-electron chi connectivity index (χ4n) is 1.34. The SMILES string of the molecule is Cc1cc(OCC(=O)NNC(=S)NC(=O)C(C)(C)C)ccc1Br. The van der Waals surface area contributed by atoms with Crippen LogP contribution in [0.5, 0.6) is 5.75 Å². The van der Waals surface area contributed by atoms with Crippen molar-refractivity contribution >= 4 is 45.1 Å². The molecule has 0 bridgehead atoms. The molecule has 0 unspecified atom stereocenters. The Kier molecular flexibility index (Phi) is 6.96. The lowest BCUT2D eigenvalue weighted by atomic mass is 9.96. The Morgan fingerprint density at radius 3 is 2.48 bits per heavy atom. The summed E-state index contributed by atoms with van der Waals surface area (Å²) in [4.78, 5) is 23.4. The van der Waals surface area contributed by atoms with Crippen LogP contribution in [0.1, 0.15) is 26.3 Å². The lowest BCUT2D eigenvalue weighted by Crippen LogP contribution is -2.51. The van der Waals surface area contributed by atoms with Gasteiger partial charge in [-0.3, -0.25) is 20.4 Å². The quantitative estimate of drug-likeness (QED) is 0.534. The van der Waals surface area contributed by atoms with Gasteiger partial charge >= 0.3 is 0 Å². The molecule has 8 heteroatoms. The Hall–Kier alpha value is -1.67. The molecule has 1 aromatic rings. The highest BCUT2D eigenvalue weighted by atomic mass is 79.9. The maximum Gasteiger partial charge on any atom is 0.276 e. The Morgan fingerprint density at radius 2 is 1.91 bits per heavy atom. The minimum absolute atomic E-state index is 0.0257. The van der Waals surface area contributed by atoms with E-state index in [0.29, 0.717) is 5.75 Å². The molecule has 0 heterocycles. The molecule has 3 N–H and O–H groups in total. The first-order valence-electron chi connectivity index (χ1n) is 6.89. The van der Waals surface area contributed by atoms with Crippen LogP contribution in [0.25, 0.3) is 0 Å². The predicted octanol–water partition coefficient (Wildman–Crippen LogP) is 2.20. The van der Waals surface area contributed by atoms with Crippen molar-refractivity contribution in [3.8, 4) is 5.75 Å². The van der Waals surface area contributed by atoms with Gasteiger partial charge in [-0.25, -0.2) is 0 Å². The van der Waals surface area contributed by atoms with E-state index in [-0.39, 0.29) is 17.6 Å². The Morgan fingerprint density at radius 1 is 1.26 bits per heavy atom. The lowest BCUT2D eigenvalue weighted by Gasteiger charge is -2.18. The number of hydrogen-bond donors (Lipinski definition) is 3. The normalized spacial score (nSPS) is 10.7. The fourth-order valence-corrected chi connectivity index (χ4v) is 1.73. The van der Waals surface area contributed by atoms with Gasteiger partial charge in [-0.15, -0.1) is 0 Å². The second kappa shape index (κ2) is 8.26. The molecule has 1 rings (SSSR count). The Balaban J connectivity index is 2.35. The molecule has 23 heavy (non-hydrogen) atoms. The van der Waals surface area contributed by atoms with Gasteiger partial charge in [-0.2, -0.15) is 0 Å². The Labute approximate surface area is 149 Å². The average Bonchev–Trinajstić information content (AvgIpc) is 2.45. The Bertz CT molecular complexity index is 614. The standard InChI is InChI=1S/C15H20BrN3O3S/c1-9-7-10(5-6-11(9)16)22-8-12(20)18-19-14(23)17-13(21)15(2,3)4/h5-7H,8H2,1-4H3,(H,18,20)(H2,17,19,21,23). The van der Waals surface area contributed by atoms with Gasteiger partial charge < -0.3 is 10.1 Å². The summed E-state index contributed by atoms with van der Waals surface area (Å²) in [7, 11) is 0. The van der Waals surface area contributed by atoms with E-state index in [0.717, 1.165) is 10.0 Å². The van der Waals surface area contributed by atoms with Crippen LogP contribution in [0.4, 0.5) is 0 Å². The minimum atomic E-state index is -0.571. The highest BCUT2D eigenvalue weighted by Gasteiger charge is 2.22. The van der Waals surface area contributed by atoms with Crippen LogP contribution in [-0.2, 0) is 9.59 Å². The number of nitrogens with one attached hydrogen (secondary N) is 3. The first kappa shape index (κ1) is 19.4. The number of amides is 2. The summed E-state index contributed by atoms with van der Waals surface area (Å²) in [5, 5.41) is 2.51. The molecule has 0 atom stereocenters. The number of carbonyl (C=O) groups is 2. The molecule has 0 aliphatic rings. The van der Waals surface area contributed by atoms with Gasteiger partial charge in [0.1, 0.15) is 5.75 Å². The summed E-state index contributed by atoms with van der Waals surface area (Å²) in [6.45, 7) is 7.03. The third kappa shape index (κ3) is 6.96. The molecule has 0 radical (unpaired) electrons. The summed E-state index contributed by atoms with van der Waals surface area (Å²) < 4.78 is 6.34. The average molecular weight is 402 g/mol.